The van der Waals surface area contributed by atoms with Gasteiger partial charge in [-0.15, -0.1) is 12.4 Å². The molecule has 1 aromatic carbocycles. The molecular formula is C21H19ClFN5O2. The largest absolute Gasteiger partial charge is 0.335 e. The van der Waals surface area contributed by atoms with Crippen LogP contribution in [0.3, 0.4) is 0 Å². The summed E-state index contributed by atoms with van der Waals surface area (Å²) in [6.45, 7) is 0. The summed E-state index contributed by atoms with van der Waals surface area (Å²) in [6.07, 6.45) is 4.90. The molecule has 2 N–H and O–H groups in total. The molecule has 4 aromatic rings. The van der Waals surface area contributed by atoms with Crippen molar-refractivity contribution in [2.45, 2.75) is 43.6 Å². The maximum absolute atomic E-state index is 13.4. The van der Waals surface area contributed by atoms with Crippen LogP contribution in [-0.2, 0) is 5.54 Å². The van der Waals surface area contributed by atoms with Gasteiger partial charge in [0.05, 0.1) is 27.9 Å². The van der Waals surface area contributed by atoms with E-state index in [9.17, 15) is 4.39 Å². The second-order valence-electron chi connectivity index (χ2n) is 8.02. The van der Waals surface area contributed by atoms with Crippen LogP contribution in [0.1, 0.15) is 49.5 Å². The summed E-state index contributed by atoms with van der Waals surface area (Å²) < 4.78 is 24.5. The van der Waals surface area contributed by atoms with Gasteiger partial charge < -0.3 is 14.8 Å². The van der Waals surface area contributed by atoms with Gasteiger partial charge in [-0.3, -0.25) is 0 Å². The van der Waals surface area contributed by atoms with Gasteiger partial charge in [0.15, 0.2) is 5.82 Å². The third-order valence-electron chi connectivity index (χ3n) is 5.92. The molecule has 6 rings (SSSR count). The van der Waals surface area contributed by atoms with Gasteiger partial charge in [0.2, 0.25) is 0 Å². The molecule has 30 heavy (non-hydrogen) atoms. The van der Waals surface area contributed by atoms with E-state index in [-0.39, 0.29) is 18.2 Å². The molecule has 0 radical (unpaired) electrons. The summed E-state index contributed by atoms with van der Waals surface area (Å²) in [4.78, 5) is 9.22. The molecule has 0 unspecified atom stereocenters. The van der Waals surface area contributed by atoms with Crippen molar-refractivity contribution in [1.29, 1.82) is 0 Å². The summed E-state index contributed by atoms with van der Waals surface area (Å²) in [5.74, 6) is 0.957. The maximum atomic E-state index is 13.4. The standard InChI is InChI=1S/C21H18FN5O2.ClH/c22-13-6-4-11(5-7-13)15-10-14(16-17(12-2-3-12)26-29-19(16)24-15)18-25-20(27-28-18)21(23)8-1-9-21;/h4-7,10,12H,1-3,8-9,23H2;1H. The van der Waals surface area contributed by atoms with E-state index in [1.807, 2.05) is 6.07 Å². The molecule has 2 aliphatic carbocycles. The highest BCUT2D eigenvalue weighted by atomic mass is 35.5. The minimum atomic E-state index is -0.512. The number of aromatic nitrogens is 4. The Labute approximate surface area is 177 Å². The molecule has 154 valence electrons. The Balaban J connectivity index is 0.00000193. The Morgan fingerprint density at radius 1 is 1.03 bits per heavy atom. The van der Waals surface area contributed by atoms with Crippen LogP contribution >= 0.6 is 12.4 Å². The Kier molecular flexibility index (Phi) is 4.37. The minimum absolute atomic E-state index is 0. The van der Waals surface area contributed by atoms with E-state index in [1.165, 1.54) is 12.1 Å². The summed E-state index contributed by atoms with van der Waals surface area (Å²) in [5.41, 5.74) is 9.24. The fraction of sp³-hybridized carbons (Fsp3) is 0.333. The van der Waals surface area contributed by atoms with Crippen LogP contribution in [0.15, 0.2) is 39.4 Å². The highest BCUT2D eigenvalue weighted by Crippen LogP contribution is 2.45. The molecule has 0 spiro atoms. The van der Waals surface area contributed by atoms with Gasteiger partial charge >= 0.3 is 0 Å². The van der Waals surface area contributed by atoms with Gasteiger partial charge in [-0.25, -0.2) is 9.37 Å². The summed E-state index contributed by atoms with van der Waals surface area (Å²) >= 11 is 0. The van der Waals surface area contributed by atoms with Gasteiger partial charge in [-0.05, 0) is 62.4 Å². The van der Waals surface area contributed by atoms with Crippen molar-refractivity contribution in [3.63, 3.8) is 0 Å². The first-order valence-electron chi connectivity index (χ1n) is 9.80. The quantitative estimate of drug-likeness (QED) is 0.502. The number of hydrogen-bond acceptors (Lipinski definition) is 7. The molecule has 3 heterocycles. The number of nitrogens with two attached hydrogens (primary N) is 1. The predicted octanol–water partition coefficient (Wildman–Crippen LogP) is 4.72. The molecule has 0 bridgehead atoms. The molecule has 7 nitrogen and oxygen atoms in total. The minimum Gasteiger partial charge on any atom is -0.335 e. The molecule has 0 aliphatic heterocycles. The number of pyridine rings is 1. The Morgan fingerprint density at radius 3 is 2.47 bits per heavy atom. The number of nitrogens with zero attached hydrogens (tertiary/aromatic N) is 4. The molecule has 2 fully saturated rings. The molecular weight excluding hydrogens is 409 g/mol. The van der Waals surface area contributed by atoms with Gasteiger partial charge in [0, 0.05) is 11.5 Å². The van der Waals surface area contributed by atoms with Gasteiger partial charge in [0.25, 0.3) is 11.6 Å². The van der Waals surface area contributed by atoms with E-state index in [0.29, 0.717) is 29.0 Å². The van der Waals surface area contributed by atoms with Crippen LogP contribution in [0.2, 0.25) is 0 Å². The third kappa shape index (κ3) is 2.98. The molecule has 0 amide bonds. The van der Waals surface area contributed by atoms with Crippen molar-refractivity contribution in [1.82, 2.24) is 20.3 Å². The fourth-order valence-electron chi connectivity index (χ4n) is 3.86. The number of hydrogen-bond donors (Lipinski definition) is 1. The second-order valence-corrected chi connectivity index (χ2v) is 8.02. The topological polar surface area (TPSA) is 104 Å². The zero-order chi connectivity index (χ0) is 19.6. The third-order valence-corrected chi connectivity index (χ3v) is 5.92. The van der Waals surface area contributed by atoms with Gasteiger partial charge in [-0.1, -0.05) is 10.3 Å². The normalized spacial score (nSPS) is 17.5. The first kappa shape index (κ1) is 19.1. The molecule has 3 aromatic heterocycles. The van der Waals surface area contributed by atoms with E-state index in [2.05, 4.69) is 20.3 Å². The van der Waals surface area contributed by atoms with Crippen molar-refractivity contribution in [2.24, 2.45) is 5.73 Å². The van der Waals surface area contributed by atoms with Crippen molar-refractivity contribution < 1.29 is 13.4 Å². The first-order chi connectivity index (χ1) is 14.1. The molecule has 9 heteroatoms. The second kappa shape index (κ2) is 6.85. The van der Waals surface area contributed by atoms with Crippen LogP contribution in [-0.4, -0.2) is 20.3 Å². The first-order valence-corrected chi connectivity index (χ1v) is 9.80. The molecule has 2 saturated carbocycles. The van der Waals surface area contributed by atoms with E-state index in [4.69, 9.17) is 14.8 Å². The Hall–Kier alpha value is -2.84. The summed E-state index contributed by atoms with van der Waals surface area (Å²) in [5, 5.41) is 9.21. The molecule has 2 aliphatic rings. The number of benzene rings is 1. The molecule has 0 atom stereocenters. The summed E-state index contributed by atoms with van der Waals surface area (Å²) in [6, 6.07) is 8.02. The number of halogens is 2. The van der Waals surface area contributed by atoms with Crippen LogP contribution < -0.4 is 5.73 Å². The lowest BCUT2D eigenvalue weighted by molar-refractivity contribution is 0.229. The maximum Gasteiger partial charge on any atom is 0.259 e. The predicted molar refractivity (Wildman–Crippen MR) is 109 cm³/mol. The Morgan fingerprint density at radius 2 is 1.80 bits per heavy atom. The average Bonchev–Trinajstić information content (AvgIpc) is 3.26. The van der Waals surface area contributed by atoms with Crippen LogP contribution in [0.5, 0.6) is 0 Å². The smallest absolute Gasteiger partial charge is 0.259 e. The van der Waals surface area contributed by atoms with Crippen molar-refractivity contribution in [3.8, 4) is 22.7 Å². The number of rotatable bonds is 4. The van der Waals surface area contributed by atoms with E-state index in [0.717, 1.165) is 54.3 Å². The van der Waals surface area contributed by atoms with E-state index in [1.54, 1.807) is 12.1 Å². The zero-order valence-electron chi connectivity index (χ0n) is 16.0. The SMILES string of the molecule is Cl.NC1(c2noc(-c3cc(-c4ccc(F)cc4)nc4onc(C5CC5)c34)n2)CCC1. The van der Waals surface area contributed by atoms with Crippen LogP contribution in [0.4, 0.5) is 4.39 Å². The lowest BCUT2D eigenvalue weighted by Crippen LogP contribution is -2.44. The van der Waals surface area contributed by atoms with Crippen molar-refractivity contribution >= 4 is 23.5 Å². The van der Waals surface area contributed by atoms with Gasteiger partial charge in [-0.2, -0.15) is 4.98 Å². The van der Waals surface area contributed by atoms with Crippen molar-refractivity contribution in [3.05, 3.63) is 47.7 Å². The summed E-state index contributed by atoms with van der Waals surface area (Å²) in [7, 11) is 0. The van der Waals surface area contributed by atoms with Crippen molar-refractivity contribution in [2.75, 3.05) is 0 Å². The fourth-order valence-corrected chi connectivity index (χ4v) is 3.86. The lowest BCUT2D eigenvalue weighted by atomic mass is 9.77. The van der Waals surface area contributed by atoms with Crippen LogP contribution in [0, 0.1) is 5.82 Å². The van der Waals surface area contributed by atoms with E-state index >= 15 is 0 Å². The highest BCUT2D eigenvalue weighted by molar-refractivity contribution is 5.94. The lowest BCUT2D eigenvalue weighted by Gasteiger charge is -2.34. The zero-order valence-corrected chi connectivity index (χ0v) is 16.8. The van der Waals surface area contributed by atoms with E-state index < -0.39 is 5.54 Å². The van der Waals surface area contributed by atoms with Crippen LogP contribution in [0.25, 0.3) is 33.8 Å². The molecule has 0 saturated heterocycles. The number of fused-ring (bicyclic) bond motifs is 1. The Bertz CT molecular complexity index is 1230. The monoisotopic (exact) mass is 427 g/mol. The average molecular weight is 428 g/mol. The van der Waals surface area contributed by atoms with Gasteiger partial charge in [0.1, 0.15) is 5.82 Å². The highest BCUT2D eigenvalue weighted by Gasteiger charge is 2.39.